The summed E-state index contributed by atoms with van der Waals surface area (Å²) in [6.45, 7) is 4.87. The zero-order valence-electron chi connectivity index (χ0n) is 8.99. The Bertz CT molecular complexity index is 191. The molecule has 0 amide bonds. The van der Waals surface area contributed by atoms with E-state index in [0.29, 0.717) is 19.6 Å². The van der Waals surface area contributed by atoms with Crippen molar-refractivity contribution < 1.29 is 19.0 Å². The topological polar surface area (TPSA) is 44.8 Å². The molecule has 1 aliphatic carbocycles. The molecule has 2 unspecified atom stereocenters. The summed E-state index contributed by atoms with van der Waals surface area (Å²) >= 11 is 0. The Hall–Kier alpha value is -0.450. The van der Waals surface area contributed by atoms with Crippen molar-refractivity contribution in [2.45, 2.75) is 38.6 Å². The van der Waals surface area contributed by atoms with Crippen molar-refractivity contribution in [2.24, 2.45) is 0 Å². The van der Waals surface area contributed by atoms with Crippen LogP contribution in [0.1, 0.15) is 20.3 Å². The van der Waals surface area contributed by atoms with E-state index in [1.807, 2.05) is 13.8 Å². The van der Waals surface area contributed by atoms with Crippen LogP contribution in [0.3, 0.4) is 0 Å². The maximum Gasteiger partial charge on any atom is 0.166 e. The lowest BCUT2D eigenvalue weighted by atomic mass is 9.90. The largest absolute Gasteiger partial charge is 0.382 e. The summed E-state index contributed by atoms with van der Waals surface area (Å²) in [5, 5.41) is 0. The fraction of sp³-hybridized carbons (Fsp3) is 0.900. The van der Waals surface area contributed by atoms with Crippen molar-refractivity contribution in [1.82, 2.24) is 0 Å². The lowest BCUT2D eigenvalue weighted by molar-refractivity contribution is -0.172. The number of carbonyl (C=O) groups excluding carboxylic acids is 1. The van der Waals surface area contributed by atoms with Crippen molar-refractivity contribution in [3.8, 4) is 0 Å². The first kappa shape index (κ1) is 11.6. The normalized spacial score (nSPS) is 26.7. The molecule has 0 saturated heterocycles. The minimum absolute atomic E-state index is 0.0562. The van der Waals surface area contributed by atoms with Crippen LogP contribution in [-0.2, 0) is 19.0 Å². The number of methoxy groups -OCH3 is 1. The maximum atomic E-state index is 11.2. The van der Waals surface area contributed by atoms with Crippen molar-refractivity contribution >= 4 is 5.78 Å². The summed E-state index contributed by atoms with van der Waals surface area (Å²) in [4.78, 5) is 11.2. The molecule has 82 valence electrons. The van der Waals surface area contributed by atoms with E-state index in [1.54, 1.807) is 7.11 Å². The second-order valence-electron chi connectivity index (χ2n) is 3.68. The molecule has 0 aromatic carbocycles. The van der Waals surface area contributed by atoms with Gasteiger partial charge in [-0.1, -0.05) is 0 Å². The summed E-state index contributed by atoms with van der Waals surface area (Å²) in [6.07, 6.45) is 0.198. The van der Waals surface area contributed by atoms with Gasteiger partial charge in [0.15, 0.2) is 5.78 Å². The highest BCUT2D eigenvalue weighted by atomic mass is 16.6. The molecule has 0 bridgehead atoms. The third-order valence-corrected chi connectivity index (χ3v) is 2.09. The van der Waals surface area contributed by atoms with Gasteiger partial charge in [-0.3, -0.25) is 4.79 Å². The number of hydrogen-bond donors (Lipinski definition) is 0. The number of hydrogen-bond acceptors (Lipinski definition) is 4. The first-order valence-electron chi connectivity index (χ1n) is 4.94. The standard InChI is InChI=1S/C10H18O4/c1-7(2)14-9-6-8(11)10(9)13-5-4-12-3/h7,9-10H,4-6H2,1-3H3. The van der Waals surface area contributed by atoms with Crippen LogP contribution in [0.5, 0.6) is 0 Å². The van der Waals surface area contributed by atoms with Gasteiger partial charge in [-0.15, -0.1) is 0 Å². The van der Waals surface area contributed by atoms with Crippen molar-refractivity contribution in [3.63, 3.8) is 0 Å². The minimum atomic E-state index is -0.368. The molecule has 0 aromatic heterocycles. The Balaban J connectivity index is 2.23. The average molecular weight is 202 g/mol. The summed E-state index contributed by atoms with van der Waals surface area (Å²) in [5.74, 6) is 0.131. The molecular weight excluding hydrogens is 184 g/mol. The summed E-state index contributed by atoms with van der Waals surface area (Å²) in [6, 6.07) is 0. The SMILES string of the molecule is COCCOC1C(=O)CC1OC(C)C. The Kier molecular flexibility index (Phi) is 4.51. The molecule has 1 aliphatic rings. The average Bonchev–Trinajstić information content (AvgIpc) is 2.11. The Labute approximate surface area is 84.5 Å². The van der Waals surface area contributed by atoms with E-state index in [9.17, 15) is 4.79 Å². The van der Waals surface area contributed by atoms with Gasteiger partial charge in [0.1, 0.15) is 6.10 Å². The van der Waals surface area contributed by atoms with Crippen LogP contribution in [0.2, 0.25) is 0 Å². The smallest absolute Gasteiger partial charge is 0.166 e. The van der Waals surface area contributed by atoms with Gasteiger partial charge in [-0.25, -0.2) is 0 Å². The Morgan fingerprint density at radius 1 is 1.43 bits per heavy atom. The minimum Gasteiger partial charge on any atom is -0.382 e. The van der Waals surface area contributed by atoms with Crippen LogP contribution >= 0.6 is 0 Å². The molecule has 0 spiro atoms. The molecule has 14 heavy (non-hydrogen) atoms. The van der Waals surface area contributed by atoms with Gasteiger partial charge in [0, 0.05) is 13.5 Å². The van der Waals surface area contributed by atoms with Gasteiger partial charge in [0.25, 0.3) is 0 Å². The molecule has 0 heterocycles. The Morgan fingerprint density at radius 3 is 2.64 bits per heavy atom. The molecule has 4 heteroatoms. The molecule has 4 nitrogen and oxygen atoms in total. The van der Waals surface area contributed by atoms with Crippen LogP contribution in [0, 0.1) is 0 Å². The number of ketones is 1. The molecule has 0 radical (unpaired) electrons. The quantitative estimate of drug-likeness (QED) is 0.597. The van der Waals surface area contributed by atoms with Crippen LogP contribution in [-0.4, -0.2) is 44.4 Å². The number of Topliss-reactive ketones (excluding diaryl/α,β-unsaturated/α-hetero) is 1. The van der Waals surface area contributed by atoms with Gasteiger partial charge < -0.3 is 14.2 Å². The van der Waals surface area contributed by atoms with E-state index in [-0.39, 0.29) is 24.1 Å². The zero-order chi connectivity index (χ0) is 10.6. The number of ether oxygens (including phenoxy) is 3. The van der Waals surface area contributed by atoms with E-state index in [4.69, 9.17) is 14.2 Å². The van der Waals surface area contributed by atoms with E-state index in [1.165, 1.54) is 0 Å². The molecule has 1 saturated carbocycles. The first-order chi connectivity index (χ1) is 6.65. The number of rotatable bonds is 6. The molecule has 0 N–H and O–H groups in total. The highest BCUT2D eigenvalue weighted by Gasteiger charge is 2.41. The fourth-order valence-electron chi connectivity index (χ4n) is 1.40. The highest BCUT2D eigenvalue weighted by molar-refractivity contribution is 5.90. The molecule has 0 aromatic rings. The lowest BCUT2D eigenvalue weighted by Gasteiger charge is -2.35. The molecule has 0 aliphatic heterocycles. The predicted molar refractivity (Wildman–Crippen MR) is 51.2 cm³/mol. The third-order valence-electron chi connectivity index (χ3n) is 2.09. The lowest BCUT2D eigenvalue weighted by Crippen LogP contribution is -2.51. The molecule has 1 rings (SSSR count). The zero-order valence-corrected chi connectivity index (χ0v) is 8.99. The summed E-state index contributed by atoms with van der Waals surface area (Å²) in [5.41, 5.74) is 0. The highest BCUT2D eigenvalue weighted by Crippen LogP contribution is 2.23. The van der Waals surface area contributed by atoms with Crippen LogP contribution < -0.4 is 0 Å². The summed E-state index contributed by atoms with van der Waals surface area (Å²) < 4.78 is 15.7. The third kappa shape index (κ3) is 3.04. The summed E-state index contributed by atoms with van der Waals surface area (Å²) in [7, 11) is 1.61. The molecular formula is C10H18O4. The van der Waals surface area contributed by atoms with Gasteiger partial charge in [-0.2, -0.15) is 0 Å². The van der Waals surface area contributed by atoms with Crippen molar-refractivity contribution in [2.75, 3.05) is 20.3 Å². The second-order valence-corrected chi connectivity index (χ2v) is 3.68. The molecule has 2 atom stereocenters. The predicted octanol–water partition coefficient (Wildman–Crippen LogP) is 0.784. The van der Waals surface area contributed by atoms with E-state index >= 15 is 0 Å². The van der Waals surface area contributed by atoms with Gasteiger partial charge >= 0.3 is 0 Å². The molecule has 1 fully saturated rings. The van der Waals surface area contributed by atoms with E-state index in [2.05, 4.69) is 0 Å². The van der Waals surface area contributed by atoms with Crippen LogP contribution in [0.15, 0.2) is 0 Å². The maximum absolute atomic E-state index is 11.2. The van der Waals surface area contributed by atoms with E-state index < -0.39 is 0 Å². The van der Waals surface area contributed by atoms with Crippen LogP contribution in [0.25, 0.3) is 0 Å². The van der Waals surface area contributed by atoms with Crippen molar-refractivity contribution in [1.29, 1.82) is 0 Å². The van der Waals surface area contributed by atoms with Crippen molar-refractivity contribution in [3.05, 3.63) is 0 Å². The Morgan fingerprint density at radius 2 is 2.14 bits per heavy atom. The first-order valence-corrected chi connectivity index (χ1v) is 4.94. The van der Waals surface area contributed by atoms with Gasteiger partial charge in [0.2, 0.25) is 0 Å². The van der Waals surface area contributed by atoms with Gasteiger partial charge in [0.05, 0.1) is 25.4 Å². The van der Waals surface area contributed by atoms with Crippen LogP contribution in [0.4, 0.5) is 0 Å². The second kappa shape index (κ2) is 5.44. The van der Waals surface area contributed by atoms with Gasteiger partial charge in [-0.05, 0) is 13.8 Å². The fourth-order valence-corrected chi connectivity index (χ4v) is 1.40. The monoisotopic (exact) mass is 202 g/mol. The number of carbonyl (C=O) groups is 1. The van der Waals surface area contributed by atoms with E-state index in [0.717, 1.165) is 0 Å².